The van der Waals surface area contributed by atoms with Gasteiger partial charge in [-0.05, 0) is 41.8 Å². The van der Waals surface area contributed by atoms with Crippen molar-refractivity contribution in [1.29, 1.82) is 0 Å². The van der Waals surface area contributed by atoms with Gasteiger partial charge in [-0.1, -0.05) is 0 Å². The molecule has 0 bridgehead atoms. The number of aryl methyl sites for hydroxylation is 1. The number of aromatic hydroxyl groups is 1. The maximum absolute atomic E-state index is 10.5. The summed E-state index contributed by atoms with van der Waals surface area (Å²) in [5.41, 5.74) is 0.554. The van der Waals surface area contributed by atoms with Gasteiger partial charge in [0.25, 0.3) is 0 Å². The second kappa shape index (κ2) is 4.99. The summed E-state index contributed by atoms with van der Waals surface area (Å²) in [4.78, 5) is 0.225. The SMILES string of the molecule is Cc1cc(O)ccc1S(=O)[O-].[Na+]. The first-order valence-corrected chi connectivity index (χ1v) is 4.07. The molecule has 1 unspecified atom stereocenters. The summed E-state index contributed by atoms with van der Waals surface area (Å²) in [6.45, 7) is 1.63. The van der Waals surface area contributed by atoms with Crippen molar-refractivity contribution in [2.75, 3.05) is 0 Å². The minimum atomic E-state index is -2.21. The van der Waals surface area contributed by atoms with Crippen molar-refractivity contribution in [2.24, 2.45) is 0 Å². The molecule has 3 nitrogen and oxygen atoms in total. The minimum absolute atomic E-state index is 0. The van der Waals surface area contributed by atoms with Gasteiger partial charge >= 0.3 is 29.6 Å². The summed E-state index contributed by atoms with van der Waals surface area (Å²) >= 11 is -2.21. The first kappa shape index (κ1) is 12.1. The molecule has 0 amide bonds. The summed E-state index contributed by atoms with van der Waals surface area (Å²) in [5, 5.41) is 8.92. The predicted octanol–water partition coefficient (Wildman–Crippen LogP) is -2.06. The summed E-state index contributed by atoms with van der Waals surface area (Å²) in [6.07, 6.45) is 0. The van der Waals surface area contributed by atoms with Crippen LogP contribution in [0.1, 0.15) is 5.56 Å². The standard InChI is InChI=1S/C7H8O3S.Na/c1-5-4-6(8)2-3-7(5)11(9)10;/h2-4,8H,1H3,(H,9,10);/q;+1/p-1. The Bertz CT molecular complexity index is 301. The van der Waals surface area contributed by atoms with Crippen molar-refractivity contribution in [2.45, 2.75) is 11.8 Å². The van der Waals surface area contributed by atoms with Gasteiger partial charge in [-0.3, -0.25) is 4.21 Å². The van der Waals surface area contributed by atoms with E-state index in [1.165, 1.54) is 18.2 Å². The van der Waals surface area contributed by atoms with Crippen LogP contribution in [0.5, 0.6) is 5.75 Å². The van der Waals surface area contributed by atoms with E-state index in [9.17, 15) is 8.76 Å². The molecule has 0 saturated carbocycles. The summed E-state index contributed by atoms with van der Waals surface area (Å²) < 4.78 is 20.9. The zero-order valence-electron chi connectivity index (χ0n) is 6.90. The first-order chi connectivity index (χ1) is 5.11. The van der Waals surface area contributed by atoms with Gasteiger partial charge in [0.15, 0.2) is 0 Å². The zero-order valence-corrected chi connectivity index (χ0v) is 9.72. The molecule has 0 aliphatic carbocycles. The van der Waals surface area contributed by atoms with Crippen molar-refractivity contribution < 1.29 is 43.4 Å². The van der Waals surface area contributed by atoms with Crippen LogP contribution in [0.3, 0.4) is 0 Å². The molecule has 0 fully saturated rings. The fourth-order valence-corrected chi connectivity index (χ4v) is 1.32. The van der Waals surface area contributed by atoms with E-state index in [-0.39, 0.29) is 40.2 Å². The van der Waals surface area contributed by atoms with Gasteiger partial charge in [-0.15, -0.1) is 0 Å². The molecule has 12 heavy (non-hydrogen) atoms. The van der Waals surface area contributed by atoms with Crippen LogP contribution in [0.25, 0.3) is 0 Å². The van der Waals surface area contributed by atoms with Crippen molar-refractivity contribution in [3.8, 4) is 5.75 Å². The molecular formula is C7H7NaO3S. The molecule has 0 aliphatic rings. The van der Waals surface area contributed by atoms with Crippen LogP contribution in [0.4, 0.5) is 0 Å². The van der Waals surface area contributed by atoms with Crippen molar-refractivity contribution in [1.82, 2.24) is 0 Å². The van der Waals surface area contributed by atoms with Gasteiger partial charge in [0.05, 0.1) is 0 Å². The second-order valence-corrected chi connectivity index (χ2v) is 3.09. The quantitative estimate of drug-likeness (QED) is 0.413. The third-order valence-electron chi connectivity index (χ3n) is 1.34. The monoisotopic (exact) mass is 194 g/mol. The Morgan fingerprint density at radius 2 is 2.08 bits per heavy atom. The van der Waals surface area contributed by atoms with E-state index in [4.69, 9.17) is 5.11 Å². The van der Waals surface area contributed by atoms with E-state index in [1.807, 2.05) is 0 Å². The predicted molar refractivity (Wildman–Crippen MR) is 40.0 cm³/mol. The number of benzene rings is 1. The molecule has 0 radical (unpaired) electrons. The largest absolute Gasteiger partial charge is 1.00 e. The normalized spacial score (nSPS) is 11.8. The smallest absolute Gasteiger partial charge is 0.768 e. The molecule has 0 saturated heterocycles. The van der Waals surface area contributed by atoms with Crippen LogP contribution in [-0.2, 0) is 11.1 Å². The molecule has 1 aromatic carbocycles. The van der Waals surface area contributed by atoms with Crippen LogP contribution < -0.4 is 29.6 Å². The number of rotatable bonds is 1. The topological polar surface area (TPSA) is 60.4 Å². The number of phenolic OH excluding ortho intramolecular Hbond substituents is 1. The van der Waals surface area contributed by atoms with E-state index < -0.39 is 11.1 Å². The molecule has 1 N–H and O–H groups in total. The molecule has 5 heteroatoms. The Labute approximate surface area is 95.4 Å². The van der Waals surface area contributed by atoms with Crippen molar-refractivity contribution in [3.05, 3.63) is 23.8 Å². The molecule has 0 spiro atoms. The molecule has 1 aromatic rings. The Balaban J connectivity index is 0.00000121. The third-order valence-corrected chi connectivity index (χ3v) is 2.16. The van der Waals surface area contributed by atoms with Crippen molar-refractivity contribution in [3.63, 3.8) is 0 Å². The maximum atomic E-state index is 10.5. The molecule has 1 rings (SSSR count). The summed E-state index contributed by atoms with van der Waals surface area (Å²) in [5.74, 6) is 0.0803. The van der Waals surface area contributed by atoms with Crippen LogP contribution in [0.2, 0.25) is 0 Å². The van der Waals surface area contributed by atoms with Crippen LogP contribution in [-0.4, -0.2) is 13.9 Å². The number of phenols is 1. The van der Waals surface area contributed by atoms with E-state index in [0.29, 0.717) is 5.56 Å². The fraction of sp³-hybridized carbons (Fsp3) is 0.143. The van der Waals surface area contributed by atoms with Gasteiger partial charge < -0.3 is 9.66 Å². The minimum Gasteiger partial charge on any atom is -0.768 e. The molecular weight excluding hydrogens is 187 g/mol. The van der Waals surface area contributed by atoms with Gasteiger partial charge in [-0.25, -0.2) is 0 Å². The van der Waals surface area contributed by atoms with Crippen LogP contribution >= 0.6 is 0 Å². The molecule has 0 aliphatic heterocycles. The number of hydrogen-bond acceptors (Lipinski definition) is 3. The van der Waals surface area contributed by atoms with E-state index in [1.54, 1.807) is 6.92 Å². The van der Waals surface area contributed by atoms with E-state index in [2.05, 4.69) is 0 Å². The van der Waals surface area contributed by atoms with Crippen molar-refractivity contribution >= 4 is 11.1 Å². The molecule has 1 atom stereocenters. The van der Waals surface area contributed by atoms with Crippen LogP contribution in [0, 0.1) is 6.92 Å². The Kier molecular flexibility index (Phi) is 5.04. The number of hydrogen-bond donors (Lipinski definition) is 1. The van der Waals surface area contributed by atoms with Gasteiger partial charge in [0.1, 0.15) is 5.75 Å². The van der Waals surface area contributed by atoms with E-state index in [0.717, 1.165) is 0 Å². The third kappa shape index (κ3) is 2.88. The van der Waals surface area contributed by atoms with Crippen LogP contribution in [0.15, 0.2) is 23.1 Å². The Morgan fingerprint density at radius 3 is 2.50 bits per heavy atom. The Morgan fingerprint density at radius 1 is 1.50 bits per heavy atom. The summed E-state index contributed by atoms with van der Waals surface area (Å²) in [7, 11) is 0. The average Bonchev–Trinajstić information content (AvgIpc) is 1.85. The van der Waals surface area contributed by atoms with Gasteiger partial charge in [0, 0.05) is 4.90 Å². The fourth-order valence-electron chi connectivity index (χ4n) is 0.821. The molecule has 0 heterocycles. The summed E-state index contributed by atoms with van der Waals surface area (Å²) in [6, 6.07) is 4.12. The Hall–Kier alpha value is 0.130. The second-order valence-electron chi connectivity index (χ2n) is 2.18. The molecule has 60 valence electrons. The van der Waals surface area contributed by atoms with Gasteiger partial charge in [-0.2, -0.15) is 0 Å². The first-order valence-electron chi connectivity index (χ1n) is 3.00. The maximum Gasteiger partial charge on any atom is 1.00 e. The average molecular weight is 194 g/mol. The molecule has 0 aromatic heterocycles. The zero-order chi connectivity index (χ0) is 8.43. The van der Waals surface area contributed by atoms with Gasteiger partial charge in [0.2, 0.25) is 0 Å². The van der Waals surface area contributed by atoms with E-state index >= 15 is 0 Å².